The first-order chi connectivity index (χ1) is 11.5. The quantitative estimate of drug-likeness (QED) is 0.915. The monoisotopic (exact) mass is 349 g/mol. The zero-order chi connectivity index (χ0) is 17.2. The van der Waals surface area contributed by atoms with Gasteiger partial charge in [0.2, 0.25) is 0 Å². The molecule has 1 fully saturated rings. The Morgan fingerprint density at radius 1 is 1.04 bits per heavy atom. The lowest BCUT2D eigenvalue weighted by atomic mass is 10.2. The summed E-state index contributed by atoms with van der Waals surface area (Å²) in [5.41, 5.74) is 2.03. The van der Waals surface area contributed by atoms with Crippen LogP contribution in [0.5, 0.6) is 0 Å². The summed E-state index contributed by atoms with van der Waals surface area (Å²) in [5, 5.41) is 3.71. The number of benzene rings is 1. The molecule has 1 aliphatic heterocycles. The van der Waals surface area contributed by atoms with Crippen molar-refractivity contribution in [1.82, 2.24) is 5.16 Å². The largest absolute Gasteiger partial charge is 0.372 e. The molecule has 130 valence electrons. The third-order valence-electron chi connectivity index (χ3n) is 4.33. The molecule has 0 bridgehead atoms. The number of nitrogens with one attached hydrogen (secondary N) is 1. The zero-order valence-electron chi connectivity index (χ0n) is 14.1. The number of anilines is 2. The third kappa shape index (κ3) is 3.56. The van der Waals surface area contributed by atoms with Crippen LogP contribution < -0.4 is 9.62 Å². The van der Waals surface area contributed by atoms with E-state index < -0.39 is 10.0 Å². The summed E-state index contributed by atoms with van der Waals surface area (Å²) in [6, 6.07) is 7.54. The Labute approximate surface area is 142 Å². The topological polar surface area (TPSA) is 75.4 Å². The third-order valence-corrected chi connectivity index (χ3v) is 5.95. The predicted octanol–water partition coefficient (Wildman–Crippen LogP) is 3.47. The van der Waals surface area contributed by atoms with Crippen LogP contribution in [0, 0.1) is 13.8 Å². The van der Waals surface area contributed by atoms with Gasteiger partial charge in [0, 0.05) is 24.5 Å². The van der Waals surface area contributed by atoms with Crippen LogP contribution in [0.4, 0.5) is 11.4 Å². The Balaban J connectivity index is 1.76. The van der Waals surface area contributed by atoms with Gasteiger partial charge in [-0.15, -0.1) is 0 Å². The first kappa shape index (κ1) is 16.8. The van der Waals surface area contributed by atoms with Gasteiger partial charge in [-0.2, -0.15) is 0 Å². The van der Waals surface area contributed by atoms with E-state index >= 15 is 0 Å². The van der Waals surface area contributed by atoms with E-state index in [4.69, 9.17) is 4.52 Å². The smallest absolute Gasteiger partial charge is 0.267 e. The number of aromatic nitrogens is 1. The average molecular weight is 349 g/mol. The molecule has 1 saturated heterocycles. The van der Waals surface area contributed by atoms with E-state index in [0.717, 1.165) is 18.8 Å². The number of hydrogen-bond donors (Lipinski definition) is 1. The second-order valence-corrected chi connectivity index (χ2v) is 7.83. The molecular formula is C17H23N3O3S. The molecule has 1 aromatic carbocycles. The van der Waals surface area contributed by atoms with Crippen molar-refractivity contribution in [2.75, 3.05) is 22.7 Å². The second kappa shape index (κ2) is 6.84. The first-order valence-electron chi connectivity index (χ1n) is 8.28. The molecule has 0 unspecified atom stereocenters. The molecule has 24 heavy (non-hydrogen) atoms. The lowest BCUT2D eigenvalue weighted by Crippen LogP contribution is -2.23. The highest BCUT2D eigenvalue weighted by Crippen LogP contribution is 2.25. The van der Waals surface area contributed by atoms with Gasteiger partial charge >= 0.3 is 0 Å². The fourth-order valence-electron chi connectivity index (χ4n) is 3.13. The van der Waals surface area contributed by atoms with Crippen LogP contribution in [-0.2, 0) is 10.0 Å². The minimum atomic E-state index is -3.69. The van der Waals surface area contributed by atoms with Crippen molar-refractivity contribution < 1.29 is 12.9 Å². The maximum absolute atomic E-state index is 12.5. The molecule has 6 nitrogen and oxygen atoms in total. The highest BCUT2D eigenvalue weighted by atomic mass is 32.2. The van der Waals surface area contributed by atoms with Gasteiger partial charge < -0.3 is 9.42 Å². The summed E-state index contributed by atoms with van der Waals surface area (Å²) in [4.78, 5) is 2.47. The van der Waals surface area contributed by atoms with Crippen molar-refractivity contribution >= 4 is 21.4 Å². The van der Waals surface area contributed by atoms with Crippen LogP contribution in [-0.4, -0.2) is 26.7 Å². The molecule has 2 heterocycles. The van der Waals surface area contributed by atoms with E-state index in [1.165, 1.54) is 25.7 Å². The van der Waals surface area contributed by atoms with E-state index in [1.54, 1.807) is 26.0 Å². The molecule has 0 saturated carbocycles. The molecule has 0 atom stereocenters. The van der Waals surface area contributed by atoms with Gasteiger partial charge in [0.25, 0.3) is 10.0 Å². The standard InChI is InChI=1S/C17H23N3O3S/c1-13-17(14(2)23-18-13)24(21,22)19-15-7-9-16(10-8-15)20-11-5-3-4-6-12-20/h7-10,19H,3-6,11-12H2,1-2H3. The van der Waals surface area contributed by atoms with Crippen molar-refractivity contribution in [2.24, 2.45) is 0 Å². The molecule has 7 heteroatoms. The maximum atomic E-state index is 12.5. The lowest BCUT2D eigenvalue weighted by molar-refractivity contribution is 0.390. The maximum Gasteiger partial charge on any atom is 0.267 e. The van der Waals surface area contributed by atoms with Gasteiger partial charge in [-0.25, -0.2) is 8.42 Å². The normalized spacial score (nSPS) is 16.0. The number of aryl methyl sites for hydroxylation is 2. The molecule has 3 rings (SSSR count). The van der Waals surface area contributed by atoms with Gasteiger partial charge in [-0.1, -0.05) is 18.0 Å². The summed E-state index contributed by atoms with van der Waals surface area (Å²) in [7, 11) is -3.69. The van der Waals surface area contributed by atoms with Crippen molar-refractivity contribution in [3.63, 3.8) is 0 Å². The molecule has 1 N–H and O–H groups in total. The van der Waals surface area contributed by atoms with Crippen molar-refractivity contribution in [3.05, 3.63) is 35.7 Å². The highest BCUT2D eigenvalue weighted by molar-refractivity contribution is 7.92. The van der Waals surface area contributed by atoms with E-state index in [1.807, 2.05) is 12.1 Å². The van der Waals surface area contributed by atoms with Crippen LogP contribution in [0.2, 0.25) is 0 Å². The summed E-state index contributed by atoms with van der Waals surface area (Å²) in [5.74, 6) is 0.293. The minimum Gasteiger partial charge on any atom is -0.372 e. The van der Waals surface area contributed by atoms with Crippen molar-refractivity contribution in [1.29, 1.82) is 0 Å². The Kier molecular flexibility index (Phi) is 4.80. The fraction of sp³-hybridized carbons (Fsp3) is 0.471. The molecule has 0 spiro atoms. The Bertz CT molecular complexity index is 769. The first-order valence-corrected chi connectivity index (χ1v) is 9.76. The summed E-state index contributed by atoms with van der Waals surface area (Å²) in [6.45, 7) is 5.33. The molecule has 0 radical (unpaired) electrons. The van der Waals surface area contributed by atoms with E-state index in [9.17, 15) is 8.42 Å². The van der Waals surface area contributed by atoms with E-state index in [-0.39, 0.29) is 4.90 Å². The molecule has 0 aliphatic carbocycles. The van der Waals surface area contributed by atoms with Gasteiger partial charge in [-0.3, -0.25) is 4.72 Å². The van der Waals surface area contributed by atoms with Crippen LogP contribution in [0.25, 0.3) is 0 Å². The zero-order valence-corrected chi connectivity index (χ0v) is 14.9. The van der Waals surface area contributed by atoms with Gasteiger partial charge in [0.1, 0.15) is 5.69 Å². The van der Waals surface area contributed by atoms with Gasteiger partial charge in [-0.05, 0) is 51.0 Å². The number of hydrogen-bond acceptors (Lipinski definition) is 5. The fourth-order valence-corrected chi connectivity index (χ4v) is 4.52. The number of sulfonamides is 1. The summed E-state index contributed by atoms with van der Waals surface area (Å²) >= 11 is 0. The molecule has 0 amide bonds. The van der Waals surface area contributed by atoms with Crippen LogP contribution in [0.15, 0.2) is 33.7 Å². The van der Waals surface area contributed by atoms with Crippen LogP contribution in [0.1, 0.15) is 37.1 Å². The van der Waals surface area contributed by atoms with Crippen molar-refractivity contribution in [2.45, 2.75) is 44.4 Å². The van der Waals surface area contributed by atoms with Gasteiger partial charge in [0.05, 0.1) is 0 Å². The molecule has 1 aliphatic rings. The Hall–Kier alpha value is -2.02. The van der Waals surface area contributed by atoms with Crippen LogP contribution >= 0.6 is 0 Å². The molecular weight excluding hydrogens is 326 g/mol. The molecule has 2 aromatic rings. The number of rotatable bonds is 4. The molecule has 1 aromatic heterocycles. The Morgan fingerprint density at radius 2 is 1.67 bits per heavy atom. The second-order valence-electron chi connectivity index (χ2n) is 6.21. The summed E-state index contributed by atoms with van der Waals surface area (Å²) in [6.07, 6.45) is 4.98. The minimum absolute atomic E-state index is 0.110. The average Bonchev–Trinajstić information content (AvgIpc) is 2.76. The Morgan fingerprint density at radius 3 is 2.21 bits per heavy atom. The number of nitrogens with zero attached hydrogens (tertiary/aromatic N) is 2. The van der Waals surface area contributed by atoms with Gasteiger partial charge in [0.15, 0.2) is 10.7 Å². The van der Waals surface area contributed by atoms with E-state index in [2.05, 4.69) is 14.8 Å². The predicted molar refractivity (Wildman–Crippen MR) is 93.9 cm³/mol. The lowest BCUT2D eigenvalue weighted by Gasteiger charge is -2.22. The van der Waals surface area contributed by atoms with Crippen LogP contribution in [0.3, 0.4) is 0 Å². The van der Waals surface area contributed by atoms with Crippen molar-refractivity contribution in [3.8, 4) is 0 Å². The SMILES string of the molecule is Cc1noc(C)c1S(=O)(=O)Nc1ccc(N2CCCCCC2)cc1. The summed E-state index contributed by atoms with van der Waals surface area (Å²) < 4.78 is 32.6. The van der Waals surface area contributed by atoms with E-state index in [0.29, 0.717) is 17.1 Å². The highest BCUT2D eigenvalue weighted by Gasteiger charge is 2.24.